The molecule has 0 aliphatic heterocycles. The Morgan fingerprint density at radius 2 is 2.27 bits per heavy atom. The van der Waals surface area contributed by atoms with Crippen LogP contribution in [0.1, 0.15) is 13.8 Å². The van der Waals surface area contributed by atoms with E-state index in [0.29, 0.717) is 12.2 Å². The van der Waals surface area contributed by atoms with E-state index in [9.17, 15) is 9.90 Å². The Balaban J connectivity index is 3.00. The number of benzene rings is 1. The molecule has 0 aromatic heterocycles. The number of carbonyl (C=O) groups excluding carboxylic acids is 1. The van der Waals surface area contributed by atoms with Gasteiger partial charge in [-0.2, -0.15) is 0 Å². The number of anilines is 1. The Labute approximate surface area is 89.3 Å². The van der Waals surface area contributed by atoms with Crippen molar-refractivity contribution < 1.29 is 9.90 Å². The lowest BCUT2D eigenvalue weighted by Crippen LogP contribution is -2.29. The molecule has 0 aliphatic carbocycles. The molecule has 0 radical (unpaired) electrons. The van der Waals surface area contributed by atoms with Crippen molar-refractivity contribution in [2.45, 2.75) is 13.8 Å². The van der Waals surface area contributed by atoms with E-state index in [1.165, 1.54) is 4.90 Å². The van der Waals surface area contributed by atoms with Crippen molar-refractivity contribution in [2.24, 2.45) is 0 Å². The first-order chi connectivity index (χ1) is 7.19. The van der Waals surface area contributed by atoms with Crippen LogP contribution in [0.15, 0.2) is 24.3 Å². The predicted molar refractivity (Wildman–Crippen MR) is 59.6 cm³/mol. The highest BCUT2D eigenvalue weighted by molar-refractivity contribution is 6.05. The van der Waals surface area contributed by atoms with Crippen LogP contribution in [0.4, 0.5) is 5.69 Å². The molecule has 0 fully saturated rings. The third-order valence-corrected chi connectivity index (χ3v) is 1.93. The van der Waals surface area contributed by atoms with Crippen molar-refractivity contribution in [3.8, 4) is 17.6 Å². The van der Waals surface area contributed by atoms with E-state index in [1.807, 2.05) is 6.92 Å². The highest BCUT2D eigenvalue weighted by atomic mass is 16.3. The van der Waals surface area contributed by atoms with Gasteiger partial charge in [-0.15, -0.1) is 0 Å². The Morgan fingerprint density at radius 1 is 1.53 bits per heavy atom. The Morgan fingerprint density at radius 3 is 2.80 bits per heavy atom. The smallest absolute Gasteiger partial charge is 0.302 e. The van der Waals surface area contributed by atoms with Gasteiger partial charge in [0.25, 0.3) is 0 Å². The summed E-state index contributed by atoms with van der Waals surface area (Å²) in [4.78, 5) is 13.1. The molecule has 0 unspecified atom stereocenters. The van der Waals surface area contributed by atoms with Crippen LogP contribution in [0.5, 0.6) is 5.75 Å². The SMILES string of the molecule is CC#CC(=O)N(CC)c1cccc(O)c1. The molecule has 0 saturated heterocycles. The maximum absolute atomic E-state index is 11.6. The molecular weight excluding hydrogens is 190 g/mol. The minimum absolute atomic E-state index is 0.142. The topological polar surface area (TPSA) is 40.5 Å². The van der Waals surface area contributed by atoms with Gasteiger partial charge in [-0.3, -0.25) is 4.79 Å². The number of rotatable bonds is 2. The highest BCUT2D eigenvalue weighted by Crippen LogP contribution is 2.19. The van der Waals surface area contributed by atoms with Crippen LogP contribution < -0.4 is 4.90 Å². The van der Waals surface area contributed by atoms with Gasteiger partial charge in [-0.1, -0.05) is 12.0 Å². The minimum Gasteiger partial charge on any atom is -0.508 e. The van der Waals surface area contributed by atoms with Gasteiger partial charge < -0.3 is 10.0 Å². The number of nitrogens with zero attached hydrogens (tertiary/aromatic N) is 1. The van der Waals surface area contributed by atoms with Crippen LogP contribution in [0.3, 0.4) is 0 Å². The number of phenolic OH excluding ortho intramolecular Hbond substituents is 1. The summed E-state index contributed by atoms with van der Waals surface area (Å²) in [5.74, 6) is 4.92. The minimum atomic E-state index is -0.259. The van der Waals surface area contributed by atoms with Gasteiger partial charge in [0.05, 0.1) is 0 Å². The largest absolute Gasteiger partial charge is 0.508 e. The summed E-state index contributed by atoms with van der Waals surface area (Å²) in [5, 5.41) is 9.30. The zero-order valence-electron chi connectivity index (χ0n) is 8.82. The molecule has 0 heterocycles. The van der Waals surface area contributed by atoms with Crippen LogP contribution in [0, 0.1) is 11.8 Å². The number of hydrogen-bond donors (Lipinski definition) is 1. The number of amides is 1. The molecule has 3 heteroatoms. The van der Waals surface area contributed by atoms with Gasteiger partial charge in [0.1, 0.15) is 5.75 Å². The maximum atomic E-state index is 11.6. The fraction of sp³-hybridized carbons (Fsp3) is 0.250. The summed E-state index contributed by atoms with van der Waals surface area (Å²) in [6.07, 6.45) is 0. The molecule has 0 aliphatic rings. The molecule has 1 amide bonds. The van der Waals surface area contributed by atoms with Gasteiger partial charge in [0, 0.05) is 18.3 Å². The average Bonchev–Trinajstić information content (AvgIpc) is 2.19. The Bertz CT molecular complexity index is 415. The molecule has 0 atom stereocenters. The van der Waals surface area contributed by atoms with Gasteiger partial charge >= 0.3 is 5.91 Å². The van der Waals surface area contributed by atoms with Gasteiger partial charge in [0.15, 0.2) is 0 Å². The normalized spacial score (nSPS) is 8.93. The predicted octanol–water partition coefficient (Wildman–Crippen LogP) is 1.77. The highest BCUT2D eigenvalue weighted by Gasteiger charge is 2.11. The number of carbonyl (C=O) groups is 1. The summed E-state index contributed by atoms with van der Waals surface area (Å²) in [5.41, 5.74) is 0.658. The molecule has 0 bridgehead atoms. The number of hydrogen-bond acceptors (Lipinski definition) is 2. The van der Waals surface area contributed by atoms with Crippen LogP contribution in [-0.2, 0) is 4.79 Å². The average molecular weight is 203 g/mol. The third-order valence-electron chi connectivity index (χ3n) is 1.93. The molecule has 0 spiro atoms. The molecule has 3 nitrogen and oxygen atoms in total. The van der Waals surface area contributed by atoms with Crippen LogP contribution >= 0.6 is 0 Å². The van der Waals surface area contributed by atoms with E-state index in [-0.39, 0.29) is 11.7 Å². The van der Waals surface area contributed by atoms with E-state index in [1.54, 1.807) is 31.2 Å². The number of phenols is 1. The molecule has 1 rings (SSSR count). The van der Waals surface area contributed by atoms with Crippen LogP contribution in [0.25, 0.3) is 0 Å². The fourth-order valence-corrected chi connectivity index (χ4v) is 1.28. The van der Waals surface area contributed by atoms with Crippen molar-refractivity contribution in [1.29, 1.82) is 0 Å². The lowest BCUT2D eigenvalue weighted by Gasteiger charge is -2.17. The lowest BCUT2D eigenvalue weighted by atomic mass is 10.2. The van der Waals surface area contributed by atoms with E-state index in [0.717, 1.165) is 0 Å². The molecule has 1 aromatic carbocycles. The van der Waals surface area contributed by atoms with Crippen molar-refractivity contribution in [1.82, 2.24) is 0 Å². The second-order valence-corrected chi connectivity index (χ2v) is 2.94. The van der Waals surface area contributed by atoms with Crippen molar-refractivity contribution in [3.63, 3.8) is 0 Å². The van der Waals surface area contributed by atoms with E-state index in [2.05, 4.69) is 11.8 Å². The van der Waals surface area contributed by atoms with E-state index in [4.69, 9.17) is 0 Å². The summed E-state index contributed by atoms with van der Waals surface area (Å²) in [7, 11) is 0. The third kappa shape index (κ3) is 2.75. The summed E-state index contributed by atoms with van der Waals surface area (Å²) in [6.45, 7) is 4.00. The van der Waals surface area contributed by atoms with Gasteiger partial charge in [-0.05, 0) is 31.9 Å². The maximum Gasteiger partial charge on any atom is 0.302 e. The first-order valence-corrected chi connectivity index (χ1v) is 4.72. The van der Waals surface area contributed by atoms with Crippen LogP contribution in [0.2, 0.25) is 0 Å². The van der Waals surface area contributed by atoms with Gasteiger partial charge in [-0.25, -0.2) is 0 Å². The standard InChI is InChI=1S/C12H13NO2/c1-3-6-12(15)13(4-2)10-7-5-8-11(14)9-10/h5,7-9,14H,4H2,1-2H3. The zero-order valence-corrected chi connectivity index (χ0v) is 8.82. The Kier molecular flexibility index (Phi) is 3.75. The van der Waals surface area contributed by atoms with E-state index >= 15 is 0 Å². The molecule has 78 valence electrons. The monoisotopic (exact) mass is 203 g/mol. The van der Waals surface area contributed by atoms with E-state index < -0.39 is 0 Å². The van der Waals surface area contributed by atoms with Crippen molar-refractivity contribution in [2.75, 3.05) is 11.4 Å². The number of aromatic hydroxyl groups is 1. The zero-order chi connectivity index (χ0) is 11.3. The molecule has 0 saturated carbocycles. The first-order valence-electron chi connectivity index (χ1n) is 4.72. The summed E-state index contributed by atoms with van der Waals surface area (Å²) >= 11 is 0. The second-order valence-electron chi connectivity index (χ2n) is 2.94. The summed E-state index contributed by atoms with van der Waals surface area (Å²) < 4.78 is 0. The fourth-order valence-electron chi connectivity index (χ4n) is 1.28. The van der Waals surface area contributed by atoms with Crippen molar-refractivity contribution in [3.05, 3.63) is 24.3 Å². The van der Waals surface area contributed by atoms with Crippen molar-refractivity contribution >= 4 is 11.6 Å². The summed E-state index contributed by atoms with van der Waals surface area (Å²) in [6, 6.07) is 6.56. The van der Waals surface area contributed by atoms with Crippen LogP contribution in [-0.4, -0.2) is 17.6 Å². The quantitative estimate of drug-likeness (QED) is 0.744. The second kappa shape index (κ2) is 5.06. The first kappa shape index (κ1) is 11.1. The molecular formula is C12H13NO2. The molecule has 15 heavy (non-hydrogen) atoms. The molecule has 1 aromatic rings. The lowest BCUT2D eigenvalue weighted by molar-refractivity contribution is -0.113. The Hall–Kier alpha value is -1.95. The molecule has 1 N–H and O–H groups in total. The van der Waals surface area contributed by atoms with Gasteiger partial charge in [0.2, 0.25) is 0 Å².